The molecule has 3 nitrogen and oxygen atoms in total. The highest BCUT2D eigenvalue weighted by Gasteiger charge is 2.13. The monoisotopic (exact) mass is 255 g/mol. The number of phenolic OH excluding ortho intramolecular Hbond substituents is 1. The van der Waals surface area contributed by atoms with E-state index in [1.54, 1.807) is 31.3 Å². The van der Waals surface area contributed by atoms with Gasteiger partial charge in [-0.1, -0.05) is 42.5 Å². The van der Waals surface area contributed by atoms with Gasteiger partial charge in [0, 0.05) is 13.5 Å². The molecule has 2 aromatic carbocycles. The first-order valence-electron chi connectivity index (χ1n) is 6.27. The van der Waals surface area contributed by atoms with Crippen molar-refractivity contribution >= 4 is 11.6 Å². The normalized spacial score (nSPS) is 10.2. The molecule has 0 saturated heterocycles. The molecule has 1 N–H and O–H groups in total. The third kappa shape index (κ3) is 3.35. The average Bonchev–Trinajstić information content (AvgIpc) is 2.45. The van der Waals surface area contributed by atoms with Crippen molar-refractivity contribution in [2.75, 3.05) is 11.9 Å². The summed E-state index contributed by atoms with van der Waals surface area (Å²) in [5.41, 5.74) is 1.68. The predicted molar refractivity (Wildman–Crippen MR) is 76.3 cm³/mol. The van der Waals surface area contributed by atoms with E-state index in [4.69, 9.17) is 0 Å². The summed E-state index contributed by atoms with van der Waals surface area (Å²) in [4.78, 5) is 13.6. The topological polar surface area (TPSA) is 40.5 Å². The summed E-state index contributed by atoms with van der Waals surface area (Å²) in [7, 11) is 1.68. The molecule has 2 rings (SSSR count). The highest BCUT2D eigenvalue weighted by atomic mass is 16.3. The maximum absolute atomic E-state index is 12.1. The number of carbonyl (C=O) groups excluding carboxylic acids is 1. The first-order chi connectivity index (χ1) is 9.18. The van der Waals surface area contributed by atoms with Gasteiger partial charge in [-0.3, -0.25) is 4.79 Å². The summed E-state index contributed by atoms with van der Waals surface area (Å²) in [5, 5.41) is 9.72. The van der Waals surface area contributed by atoms with Crippen LogP contribution in [0.1, 0.15) is 12.0 Å². The summed E-state index contributed by atoms with van der Waals surface area (Å²) in [6.45, 7) is 0. The van der Waals surface area contributed by atoms with E-state index in [1.807, 2.05) is 30.3 Å². The average molecular weight is 255 g/mol. The van der Waals surface area contributed by atoms with Gasteiger partial charge in [-0.05, 0) is 24.1 Å². The molecule has 0 atom stereocenters. The molecule has 0 heterocycles. The Balaban J connectivity index is 1.99. The van der Waals surface area contributed by atoms with Gasteiger partial charge in [0.25, 0.3) is 0 Å². The zero-order valence-corrected chi connectivity index (χ0v) is 10.9. The van der Waals surface area contributed by atoms with Gasteiger partial charge in [0.2, 0.25) is 5.91 Å². The Labute approximate surface area is 113 Å². The Morgan fingerprint density at radius 1 is 1.05 bits per heavy atom. The molecule has 0 fully saturated rings. The van der Waals surface area contributed by atoms with E-state index < -0.39 is 0 Å². The molecule has 0 bridgehead atoms. The van der Waals surface area contributed by atoms with Gasteiger partial charge in [-0.2, -0.15) is 0 Å². The van der Waals surface area contributed by atoms with Crippen LogP contribution in [0.4, 0.5) is 5.69 Å². The fraction of sp³-hybridized carbons (Fsp3) is 0.188. The number of aryl methyl sites for hydroxylation is 1. The van der Waals surface area contributed by atoms with E-state index in [9.17, 15) is 9.90 Å². The van der Waals surface area contributed by atoms with Gasteiger partial charge < -0.3 is 10.0 Å². The Bertz CT molecular complexity index is 552. The molecule has 1 amide bonds. The molecular formula is C16H17NO2. The molecule has 0 unspecified atom stereocenters. The quantitative estimate of drug-likeness (QED) is 0.912. The van der Waals surface area contributed by atoms with Crippen LogP contribution in [-0.2, 0) is 11.2 Å². The number of nitrogens with zero attached hydrogens (tertiary/aromatic N) is 1. The van der Waals surface area contributed by atoms with Gasteiger partial charge in [-0.15, -0.1) is 0 Å². The second-order valence-corrected chi connectivity index (χ2v) is 4.43. The van der Waals surface area contributed by atoms with Gasteiger partial charge in [0.15, 0.2) is 0 Å². The van der Waals surface area contributed by atoms with Gasteiger partial charge in [-0.25, -0.2) is 0 Å². The lowest BCUT2D eigenvalue weighted by molar-refractivity contribution is -0.118. The molecule has 3 heteroatoms. The number of carbonyl (C=O) groups is 1. The minimum absolute atomic E-state index is 0.00893. The van der Waals surface area contributed by atoms with Crippen molar-refractivity contribution < 1.29 is 9.90 Å². The van der Waals surface area contributed by atoms with E-state index in [1.165, 1.54) is 4.90 Å². The van der Waals surface area contributed by atoms with E-state index in [2.05, 4.69) is 0 Å². The summed E-state index contributed by atoms with van der Waals surface area (Å²) in [5.74, 6) is 0.114. The SMILES string of the molecule is CN(C(=O)CCc1ccccc1)c1ccccc1O. The van der Waals surface area contributed by atoms with Crippen LogP contribution in [0.15, 0.2) is 54.6 Å². The molecule has 0 spiro atoms. The minimum Gasteiger partial charge on any atom is -0.506 e. The molecular weight excluding hydrogens is 238 g/mol. The van der Waals surface area contributed by atoms with Crippen LogP contribution in [-0.4, -0.2) is 18.1 Å². The first kappa shape index (κ1) is 13.1. The summed E-state index contributed by atoms with van der Waals surface area (Å²) >= 11 is 0. The fourth-order valence-corrected chi connectivity index (χ4v) is 1.95. The van der Waals surface area contributed by atoms with Crippen LogP contribution in [0.25, 0.3) is 0 Å². The number of hydrogen-bond donors (Lipinski definition) is 1. The van der Waals surface area contributed by atoms with Gasteiger partial charge in [0.1, 0.15) is 5.75 Å². The lowest BCUT2D eigenvalue weighted by Gasteiger charge is -2.18. The Hall–Kier alpha value is -2.29. The van der Waals surface area contributed by atoms with Gasteiger partial charge >= 0.3 is 0 Å². The van der Waals surface area contributed by atoms with Crippen LogP contribution in [0, 0.1) is 0 Å². The molecule has 0 aliphatic carbocycles. The van der Waals surface area contributed by atoms with E-state index in [0.29, 0.717) is 18.5 Å². The number of phenols is 1. The Kier molecular flexibility index (Phi) is 4.18. The second kappa shape index (κ2) is 6.05. The number of anilines is 1. The highest BCUT2D eigenvalue weighted by Crippen LogP contribution is 2.25. The number of hydrogen-bond acceptors (Lipinski definition) is 2. The van der Waals surface area contributed by atoms with Crippen molar-refractivity contribution in [1.29, 1.82) is 0 Å². The van der Waals surface area contributed by atoms with Crippen molar-refractivity contribution in [3.8, 4) is 5.75 Å². The maximum atomic E-state index is 12.1. The van der Waals surface area contributed by atoms with E-state index in [0.717, 1.165) is 5.56 Å². The molecule has 98 valence electrons. The van der Waals surface area contributed by atoms with Crippen molar-refractivity contribution in [3.05, 3.63) is 60.2 Å². The number of aromatic hydroxyl groups is 1. The Morgan fingerprint density at radius 2 is 1.68 bits per heavy atom. The zero-order chi connectivity index (χ0) is 13.7. The van der Waals surface area contributed by atoms with Gasteiger partial charge in [0.05, 0.1) is 5.69 Å². The number of amides is 1. The van der Waals surface area contributed by atoms with Crippen molar-refractivity contribution in [2.24, 2.45) is 0 Å². The number of benzene rings is 2. The van der Waals surface area contributed by atoms with Crippen molar-refractivity contribution in [3.63, 3.8) is 0 Å². The summed E-state index contributed by atoms with van der Waals surface area (Å²) < 4.78 is 0. The van der Waals surface area contributed by atoms with Crippen LogP contribution in [0.3, 0.4) is 0 Å². The third-order valence-electron chi connectivity index (χ3n) is 3.09. The number of para-hydroxylation sites is 2. The van der Waals surface area contributed by atoms with Crippen molar-refractivity contribution in [1.82, 2.24) is 0 Å². The molecule has 19 heavy (non-hydrogen) atoms. The minimum atomic E-state index is -0.00893. The fourth-order valence-electron chi connectivity index (χ4n) is 1.95. The molecule has 0 aliphatic rings. The smallest absolute Gasteiger partial charge is 0.227 e. The predicted octanol–water partition coefficient (Wildman–Crippen LogP) is 2.99. The molecule has 0 aliphatic heterocycles. The largest absolute Gasteiger partial charge is 0.506 e. The molecule has 0 aromatic heterocycles. The maximum Gasteiger partial charge on any atom is 0.227 e. The van der Waals surface area contributed by atoms with Crippen LogP contribution in [0.5, 0.6) is 5.75 Å². The van der Waals surface area contributed by atoms with Crippen LogP contribution < -0.4 is 4.90 Å². The van der Waals surface area contributed by atoms with Crippen LogP contribution in [0.2, 0.25) is 0 Å². The van der Waals surface area contributed by atoms with Crippen LogP contribution >= 0.6 is 0 Å². The number of rotatable bonds is 4. The highest BCUT2D eigenvalue weighted by molar-refractivity contribution is 5.94. The zero-order valence-electron chi connectivity index (χ0n) is 10.9. The second-order valence-electron chi connectivity index (χ2n) is 4.43. The lowest BCUT2D eigenvalue weighted by atomic mass is 10.1. The molecule has 0 saturated carbocycles. The molecule has 2 aromatic rings. The summed E-state index contributed by atoms with van der Waals surface area (Å²) in [6.07, 6.45) is 1.13. The van der Waals surface area contributed by atoms with Crippen molar-refractivity contribution in [2.45, 2.75) is 12.8 Å². The third-order valence-corrected chi connectivity index (χ3v) is 3.09. The first-order valence-corrected chi connectivity index (χ1v) is 6.27. The lowest BCUT2D eigenvalue weighted by Crippen LogP contribution is -2.26. The molecule has 0 radical (unpaired) electrons. The standard InChI is InChI=1S/C16H17NO2/c1-17(14-9-5-6-10-15(14)18)16(19)12-11-13-7-3-2-4-8-13/h2-10,18H,11-12H2,1H3. The van der Waals surface area contributed by atoms with E-state index in [-0.39, 0.29) is 11.7 Å². The Morgan fingerprint density at radius 3 is 2.37 bits per heavy atom. The van der Waals surface area contributed by atoms with E-state index >= 15 is 0 Å². The summed E-state index contributed by atoms with van der Waals surface area (Å²) in [6, 6.07) is 16.8.